The van der Waals surface area contributed by atoms with E-state index in [9.17, 15) is 48.6 Å². The lowest BCUT2D eigenvalue weighted by Crippen LogP contribution is -2.60. The number of rotatable bonds is 22. The number of phenolic OH excluding ortho intramolecular Hbond substituents is 1. The number of aliphatic hydroxyl groups is 1. The Morgan fingerprint density at radius 1 is 0.607 bits per heavy atom. The zero-order chi connectivity index (χ0) is 67.2. The van der Waals surface area contributed by atoms with Crippen molar-refractivity contribution in [3.8, 4) is 16.9 Å². The molecule has 0 radical (unpaired) electrons. The fourth-order valence-corrected chi connectivity index (χ4v) is 8.78. The summed E-state index contributed by atoms with van der Waals surface area (Å²) in [7, 11) is 1.29. The van der Waals surface area contributed by atoms with Crippen LogP contribution in [-0.4, -0.2) is 179 Å². The molecule has 498 valence electrons. The Morgan fingerprint density at radius 2 is 1.10 bits per heavy atom. The van der Waals surface area contributed by atoms with Crippen molar-refractivity contribution in [2.45, 2.75) is 220 Å². The van der Waals surface area contributed by atoms with Crippen molar-refractivity contribution in [3.05, 3.63) is 53.6 Å². The molecular weight excluding hydrogens is 1160 g/mol. The van der Waals surface area contributed by atoms with E-state index in [1.54, 1.807) is 140 Å². The second-order valence-electron chi connectivity index (χ2n) is 26.8. The van der Waals surface area contributed by atoms with Gasteiger partial charge in [0.15, 0.2) is 0 Å². The molecule has 0 aliphatic carbocycles. The molecule has 0 aromatic heterocycles. The topological polar surface area (TPSA) is 369 Å². The summed E-state index contributed by atoms with van der Waals surface area (Å²) in [6, 6.07) is 4.54. The number of fused-ring (bicyclic) bond motifs is 5. The number of aliphatic hydroxyl groups excluding tert-OH is 1. The molecule has 0 unspecified atom stereocenters. The van der Waals surface area contributed by atoms with Crippen LogP contribution in [0.3, 0.4) is 0 Å². The van der Waals surface area contributed by atoms with Crippen LogP contribution in [0.25, 0.3) is 11.1 Å². The van der Waals surface area contributed by atoms with Crippen molar-refractivity contribution in [1.82, 2.24) is 52.8 Å². The maximum Gasteiger partial charge on any atom is 0.408 e. The third-order valence-corrected chi connectivity index (χ3v) is 12.6. The average Bonchev–Trinajstić information content (AvgIpc) is 3.42. The second kappa shape index (κ2) is 33.5. The molecule has 1 aliphatic rings. The van der Waals surface area contributed by atoms with E-state index in [0.29, 0.717) is 16.7 Å². The highest BCUT2D eigenvalue weighted by Crippen LogP contribution is 2.29. The zero-order valence-electron chi connectivity index (χ0n) is 54.7. The van der Waals surface area contributed by atoms with Crippen LogP contribution in [0.2, 0.25) is 0 Å². The van der Waals surface area contributed by atoms with Gasteiger partial charge in [-0.3, -0.25) is 24.0 Å². The summed E-state index contributed by atoms with van der Waals surface area (Å²) in [5.41, 5.74) is -2.43. The number of aromatic hydroxyl groups is 1. The minimum atomic E-state index is -1.69. The molecule has 11 N–H and O–H groups in total. The first kappa shape index (κ1) is 75.2. The molecule has 1 heterocycles. The summed E-state index contributed by atoms with van der Waals surface area (Å²) in [5, 5.41) is 46.6. The van der Waals surface area contributed by atoms with Crippen LogP contribution in [0, 0.1) is 0 Å². The number of benzene rings is 2. The molecule has 27 heteroatoms. The van der Waals surface area contributed by atoms with Crippen molar-refractivity contribution < 1.29 is 81.8 Å². The minimum Gasteiger partial charge on any atom is -0.508 e. The largest absolute Gasteiger partial charge is 0.508 e. The third-order valence-electron chi connectivity index (χ3n) is 12.6. The number of nitrogens with zero attached hydrogens (tertiary/aromatic N) is 1. The van der Waals surface area contributed by atoms with Gasteiger partial charge >= 0.3 is 30.5 Å². The highest BCUT2D eigenvalue weighted by atomic mass is 16.6. The lowest BCUT2D eigenvalue weighted by atomic mass is 9.95. The SMILES string of the molecule is CN1C(=O)[C@H](C[C@@H](O)CNC(=O)OC(C)(C)C)NC(=O)[C@@H](NC(=O)OC(C)(C)C)Cc2cc(ccc2O)-c2cccc(c2)C[C@H]1C(=O)N[C@@H](CCCNC(=O)OC(C)(C)C)C(=O)N[C@@H](CCCNC(=O)OC(C)(C)C)CC(=O)NCCNC(=O)OC(C)(C)C. The Hall–Kier alpha value is -8.10. The number of nitrogens with one attached hydrogen (secondary N) is 9. The number of hydrogen-bond acceptors (Lipinski definition) is 17. The molecule has 89 heavy (non-hydrogen) atoms. The van der Waals surface area contributed by atoms with Gasteiger partial charge in [-0.1, -0.05) is 30.3 Å². The average molecular weight is 1260 g/mol. The minimum absolute atomic E-state index is 0.00784. The Balaban J connectivity index is 2.17. The van der Waals surface area contributed by atoms with Crippen molar-refractivity contribution in [1.29, 1.82) is 0 Å². The van der Waals surface area contributed by atoms with E-state index >= 15 is 9.59 Å². The maximum atomic E-state index is 15.3. The smallest absolute Gasteiger partial charge is 0.408 e. The quantitative estimate of drug-likeness (QED) is 0.0530. The van der Waals surface area contributed by atoms with Gasteiger partial charge in [0.05, 0.1) is 6.10 Å². The lowest BCUT2D eigenvalue weighted by Gasteiger charge is -2.33. The van der Waals surface area contributed by atoms with E-state index in [1.807, 2.05) is 0 Å². The Bertz CT molecular complexity index is 2760. The van der Waals surface area contributed by atoms with Gasteiger partial charge in [-0.05, 0) is 164 Å². The number of likely N-dealkylation sites (N-methyl/N-ethyl adjacent to an activating group) is 1. The van der Waals surface area contributed by atoms with Gasteiger partial charge in [-0.2, -0.15) is 0 Å². The number of alkyl carbamates (subject to hydrolysis) is 5. The van der Waals surface area contributed by atoms with Crippen LogP contribution >= 0.6 is 0 Å². The molecule has 10 amide bonds. The molecule has 4 bridgehead atoms. The molecule has 0 saturated carbocycles. The molecule has 0 fully saturated rings. The van der Waals surface area contributed by atoms with Crippen molar-refractivity contribution >= 4 is 60.0 Å². The fourth-order valence-electron chi connectivity index (χ4n) is 8.78. The summed E-state index contributed by atoms with van der Waals surface area (Å²) in [6.07, 6.45) is -6.69. The first-order chi connectivity index (χ1) is 41.0. The van der Waals surface area contributed by atoms with Crippen LogP contribution in [0.5, 0.6) is 5.75 Å². The Morgan fingerprint density at radius 3 is 1.65 bits per heavy atom. The zero-order valence-corrected chi connectivity index (χ0v) is 54.7. The number of carbonyl (C=O) groups excluding carboxylic acids is 10. The lowest BCUT2D eigenvalue weighted by molar-refractivity contribution is -0.143. The monoisotopic (exact) mass is 1250 g/mol. The normalized spacial score (nSPS) is 16.8. The van der Waals surface area contributed by atoms with Gasteiger partial charge in [0, 0.05) is 71.5 Å². The number of hydrogen-bond donors (Lipinski definition) is 11. The number of amides is 10. The molecule has 27 nitrogen and oxygen atoms in total. The number of carbonyl (C=O) groups is 10. The molecule has 0 spiro atoms. The summed E-state index contributed by atoms with van der Waals surface area (Å²) < 4.78 is 26.9. The molecule has 1 aliphatic heterocycles. The third kappa shape index (κ3) is 30.6. The number of phenols is 1. The molecular formula is C62H98N10O17. The summed E-state index contributed by atoms with van der Waals surface area (Å²) in [6.45, 7) is 24.6. The maximum absolute atomic E-state index is 15.3. The highest BCUT2D eigenvalue weighted by molar-refractivity contribution is 5.96. The van der Waals surface area contributed by atoms with E-state index in [2.05, 4.69) is 47.9 Å². The van der Waals surface area contributed by atoms with Crippen LogP contribution < -0.4 is 47.9 Å². The van der Waals surface area contributed by atoms with Crippen molar-refractivity contribution in [2.24, 2.45) is 0 Å². The van der Waals surface area contributed by atoms with Crippen LogP contribution in [-0.2, 0) is 60.5 Å². The molecule has 2 aromatic rings. The summed E-state index contributed by atoms with van der Waals surface area (Å²) in [4.78, 5) is 138. The van der Waals surface area contributed by atoms with E-state index in [0.717, 1.165) is 4.90 Å². The van der Waals surface area contributed by atoms with Gasteiger partial charge in [-0.25, -0.2) is 24.0 Å². The highest BCUT2D eigenvalue weighted by Gasteiger charge is 2.38. The fraction of sp³-hybridized carbons (Fsp3) is 0.645. The molecule has 0 saturated heterocycles. The van der Waals surface area contributed by atoms with Gasteiger partial charge < -0.3 is 86.6 Å². The summed E-state index contributed by atoms with van der Waals surface area (Å²) >= 11 is 0. The van der Waals surface area contributed by atoms with Crippen molar-refractivity contribution in [2.75, 3.05) is 39.8 Å². The Labute approximate surface area is 522 Å². The van der Waals surface area contributed by atoms with Crippen LogP contribution in [0.15, 0.2) is 42.5 Å². The van der Waals surface area contributed by atoms with Crippen LogP contribution in [0.1, 0.15) is 154 Å². The molecule has 6 atom stereocenters. The standard InChI is InChI=1S/C62H98N10O17/c1-58(2,3)85-53(80)64-26-18-22-41(34-48(75)63-28-29-66-55(82)87-60(7,8)9)68-49(76)43(23-19-27-65-54(81)86-59(4,5)6)69-51(78)46-31-37-20-17-21-38(30-37)39-24-25-47(74)40(32-39)33-44(71-57(84)89-62(13,14)15)50(77)70-45(52(79)72(46)16)35-42(73)36-67-56(83)88-61(10,11)12/h17,20-21,24-25,30,32,41-46,73-74H,18-19,22-23,26-29,31,33-36H2,1-16H3,(H,63,75)(H,64,80)(H,65,81)(H,66,82)(H,67,83)(H,68,76)(H,69,78)(H,70,77)(H,71,84)/t41-,42+,43-,44-,45-,46-/m0/s1. The first-order valence-electron chi connectivity index (χ1n) is 30.0. The van der Waals surface area contributed by atoms with Gasteiger partial charge in [0.2, 0.25) is 29.5 Å². The summed E-state index contributed by atoms with van der Waals surface area (Å²) in [5.74, 6) is -4.29. The van der Waals surface area contributed by atoms with Crippen molar-refractivity contribution in [3.63, 3.8) is 0 Å². The van der Waals surface area contributed by atoms with Gasteiger partial charge in [0.1, 0.15) is 57.9 Å². The van der Waals surface area contributed by atoms with E-state index in [-0.39, 0.29) is 82.4 Å². The Kier molecular flexibility index (Phi) is 28.3. The number of ether oxygens (including phenoxy) is 5. The predicted molar refractivity (Wildman–Crippen MR) is 330 cm³/mol. The molecule has 3 rings (SSSR count). The predicted octanol–water partition coefficient (Wildman–Crippen LogP) is 5.25. The van der Waals surface area contributed by atoms with E-state index in [1.165, 1.54) is 13.1 Å². The molecule has 2 aromatic carbocycles. The van der Waals surface area contributed by atoms with Gasteiger partial charge in [0.25, 0.3) is 0 Å². The first-order valence-corrected chi connectivity index (χ1v) is 30.0. The van der Waals surface area contributed by atoms with E-state index < -0.39 is 137 Å². The van der Waals surface area contributed by atoms with Gasteiger partial charge in [-0.15, -0.1) is 0 Å². The second-order valence-corrected chi connectivity index (χ2v) is 26.8. The van der Waals surface area contributed by atoms with E-state index in [4.69, 9.17) is 23.7 Å². The van der Waals surface area contributed by atoms with Crippen LogP contribution in [0.4, 0.5) is 24.0 Å².